The van der Waals surface area contributed by atoms with Gasteiger partial charge in [0.25, 0.3) is 0 Å². The van der Waals surface area contributed by atoms with Crippen molar-refractivity contribution < 1.29 is 26.5 Å². The van der Waals surface area contributed by atoms with Crippen molar-refractivity contribution in [3.63, 3.8) is 0 Å². The Morgan fingerprint density at radius 3 is 1.23 bits per heavy atom. The second kappa shape index (κ2) is 13.0. The van der Waals surface area contributed by atoms with Crippen molar-refractivity contribution in [2.24, 2.45) is 0 Å². The van der Waals surface area contributed by atoms with Crippen molar-refractivity contribution in [2.75, 3.05) is 24.6 Å². The number of halogens is 5. The molecule has 0 aliphatic rings. The van der Waals surface area contributed by atoms with Crippen molar-refractivity contribution in [2.45, 2.75) is 91.9 Å². The van der Waals surface area contributed by atoms with E-state index in [2.05, 4.69) is 6.92 Å². The monoisotopic (exact) mass is 470 g/mol. The normalized spacial score (nSPS) is 13.3. The van der Waals surface area contributed by atoms with Crippen LogP contribution in [0.2, 0.25) is 0 Å². The van der Waals surface area contributed by atoms with Crippen LogP contribution in [0.1, 0.15) is 91.9 Å². The summed E-state index contributed by atoms with van der Waals surface area (Å²) in [6, 6.07) is 0. The van der Waals surface area contributed by atoms with Gasteiger partial charge in [-0.05, 0) is 0 Å². The van der Waals surface area contributed by atoms with Gasteiger partial charge in [0.15, 0.2) is 0 Å². The molecule has 0 aliphatic heterocycles. The molecule has 0 aromatic heterocycles. The molecular weight excluding hydrogens is 430 g/mol. The molecule has 0 N–H and O–H groups in total. The molecule has 0 unspecified atom stereocenters. The van der Waals surface area contributed by atoms with Crippen molar-refractivity contribution in [1.82, 2.24) is 0 Å². The van der Waals surface area contributed by atoms with E-state index in [1.165, 1.54) is 0 Å². The van der Waals surface area contributed by atoms with E-state index in [0.717, 1.165) is 64.2 Å². The van der Waals surface area contributed by atoms with Crippen LogP contribution in [0, 0.1) is 29.1 Å². The van der Waals surface area contributed by atoms with Crippen LogP contribution >= 0.6 is 6.83 Å². The fraction of sp³-hybridized carbons (Fsp3) is 0.750. The molecule has 0 radical (unpaired) electrons. The Hall–Kier alpha value is -0.900. The van der Waals surface area contributed by atoms with Gasteiger partial charge in [0.2, 0.25) is 0 Å². The van der Waals surface area contributed by atoms with E-state index in [1.54, 1.807) is 0 Å². The van der Waals surface area contributed by atoms with E-state index in [4.69, 9.17) is 4.52 Å². The summed E-state index contributed by atoms with van der Waals surface area (Å²) < 4.78 is 77.3. The zero-order valence-electron chi connectivity index (χ0n) is 19.6. The van der Waals surface area contributed by atoms with E-state index >= 15 is 0 Å². The Kier molecular flexibility index (Phi) is 11.8. The zero-order valence-corrected chi connectivity index (χ0v) is 20.5. The summed E-state index contributed by atoms with van der Waals surface area (Å²) in [5.74, 6) is -10.8. The molecule has 1 rings (SSSR count). The second-order valence-electron chi connectivity index (χ2n) is 8.86. The van der Waals surface area contributed by atoms with Crippen molar-refractivity contribution in [3.8, 4) is 5.75 Å². The second-order valence-corrected chi connectivity index (χ2v) is 14.6. The minimum atomic E-state index is -3.27. The number of benzene rings is 1. The zero-order chi connectivity index (χ0) is 23.5. The first-order valence-electron chi connectivity index (χ1n) is 11.9. The van der Waals surface area contributed by atoms with Gasteiger partial charge in [-0.2, -0.15) is 0 Å². The van der Waals surface area contributed by atoms with E-state index in [9.17, 15) is 22.0 Å². The summed E-state index contributed by atoms with van der Waals surface area (Å²) in [5, 5.41) is 0. The predicted octanol–water partition coefficient (Wildman–Crippen LogP) is 9.21. The molecule has 31 heavy (non-hydrogen) atoms. The topological polar surface area (TPSA) is 9.23 Å². The van der Waals surface area contributed by atoms with Crippen LogP contribution in [0.3, 0.4) is 0 Å². The standard InChI is InChI=1S/C24H40F5OP/c1-5-9-13-14-18-31(15-10-6-2,16-11-7-3,17-12-8-4)30-24-22(28)20(26)19(25)21(27)23(24)29/h5-18H2,1-4H3. The molecule has 0 saturated carbocycles. The van der Waals surface area contributed by atoms with Gasteiger partial charge in [-0.1, -0.05) is 0 Å². The Balaban J connectivity index is 3.63. The quantitative estimate of drug-likeness (QED) is 0.0769. The number of hydrogen-bond acceptors (Lipinski definition) is 1. The molecule has 1 nitrogen and oxygen atoms in total. The predicted molar refractivity (Wildman–Crippen MR) is 122 cm³/mol. The maximum atomic E-state index is 14.7. The van der Waals surface area contributed by atoms with Crippen molar-refractivity contribution >= 4 is 6.83 Å². The fourth-order valence-corrected chi connectivity index (χ4v) is 11.1. The third-order valence-electron chi connectivity index (χ3n) is 6.33. The number of hydrogen-bond donors (Lipinski definition) is 0. The molecule has 0 amide bonds. The van der Waals surface area contributed by atoms with Crippen molar-refractivity contribution in [3.05, 3.63) is 29.1 Å². The van der Waals surface area contributed by atoms with Crippen LogP contribution in [0.5, 0.6) is 5.75 Å². The number of unbranched alkanes of at least 4 members (excludes halogenated alkanes) is 6. The van der Waals surface area contributed by atoms with E-state index in [0.29, 0.717) is 24.6 Å². The molecule has 182 valence electrons. The molecule has 0 saturated heterocycles. The van der Waals surface area contributed by atoms with Gasteiger partial charge in [0.1, 0.15) is 0 Å². The third-order valence-corrected chi connectivity index (χ3v) is 12.8. The summed E-state index contributed by atoms with van der Waals surface area (Å²) in [6.07, 6.45) is 11.6. The minimum absolute atomic E-state index is 0.660. The van der Waals surface area contributed by atoms with Gasteiger partial charge in [-0.15, -0.1) is 0 Å². The van der Waals surface area contributed by atoms with E-state index < -0.39 is 41.7 Å². The van der Waals surface area contributed by atoms with Crippen LogP contribution in [0.4, 0.5) is 22.0 Å². The summed E-state index contributed by atoms with van der Waals surface area (Å²) in [7, 11) is 0. The average molecular weight is 471 g/mol. The summed E-state index contributed by atoms with van der Waals surface area (Å²) in [6.45, 7) is 4.97. The molecule has 0 fully saturated rings. The van der Waals surface area contributed by atoms with Crippen LogP contribution < -0.4 is 4.52 Å². The first kappa shape index (κ1) is 28.1. The van der Waals surface area contributed by atoms with Crippen molar-refractivity contribution in [1.29, 1.82) is 0 Å². The molecule has 0 spiro atoms. The van der Waals surface area contributed by atoms with Gasteiger partial charge >= 0.3 is 185 Å². The molecule has 1 aromatic rings. The van der Waals surface area contributed by atoms with Crippen LogP contribution in [0.15, 0.2) is 0 Å². The Labute approximate surface area is 185 Å². The molecular formula is C24H40F5OP. The van der Waals surface area contributed by atoms with Gasteiger partial charge in [0.05, 0.1) is 0 Å². The first-order chi connectivity index (χ1) is 14.7. The van der Waals surface area contributed by atoms with E-state index in [1.807, 2.05) is 20.8 Å². The molecule has 0 bridgehead atoms. The van der Waals surface area contributed by atoms with Gasteiger partial charge in [-0.3, -0.25) is 0 Å². The SMILES string of the molecule is CCCCCCP(CCCC)(CCCC)(CCCC)Oc1c(F)c(F)c(F)c(F)c1F. The summed E-state index contributed by atoms with van der Waals surface area (Å²) in [5.41, 5.74) is 0. The molecule has 0 aliphatic carbocycles. The molecule has 0 atom stereocenters. The van der Waals surface area contributed by atoms with Crippen LogP contribution in [-0.2, 0) is 0 Å². The fourth-order valence-electron chi connectivity index (χ4n) is 4.39. The maximum absolute atomic E-state index is 14.7. The Morgan fingerprint density at radius 2 is 0.839 bits per heavy atom. The molecule has 1 aromatic carbocycles. The number of rotatable bonds is 16. The van der Waals surface area contributed by atoms with E-state index in [-0.39, 0.29) is 0 Å². The van der Waals surface area contributed by atoms with Gasteiger partial charge in [-0.25, -0.2) is 0 Å². The van der Waals surface area contributed by atoms with Crippen LogP contribution in [-0.4, -0.2) is 24.6 Å². The third kappa shape index (κ3) is 7.04. The summed E-state index contributed by atoms with van der Waals surface area (Å²) in [4.78, 5) is 0. The average Bonchev–Trinajstić information content (AvgIpc) is 2.78. The van der Waals surface area contributed by atoms with Crippen LogP contribution in [0.25, 0.3) is 0 Å². The Bertz CT molecular complexity index is 642. The van der Waals surface area contributed by atoms with Gasteiger partial charge < -0.3 is 0 Å². The molecule has 0 heterocycles. The summed E-state index contributed by atoms with van der Waals surface area (Å²) >= 11 is 0. The molecule has 7 heteroatoms. The first-order valence-corrected chi connectivity index (χ1v) is 14.8. The Morgan fingerprint density at radius 1 is 0.484 bits per heavy atom. The van der Waals surface area contributed by atoms with Gasteiger partial charge in [0, 0.05) is 0 Å².